The van der Waals surface area contributed by atoms with Gasteiger partial charge in [0.1, 0.15) is 5.75 Å². The predicted octanol–water partition coefficient (Wildman–Crippen LogP) is 3.47. The van der Waals surface area contributed by atoms with Crippen LogP contribution in [0.4, 0.5) is 0 Å². The van der Waals surface area contributed by atoms with Crippen molar-refractivity contribution in [1.82, 2.24) is 4.98 Å². The maximum absolute atomic E-state index is 9.29. The van der Waals surface area contributed by atoms with E-state index in [1.54, 1.807) is 18.3 Å². The molecule has 0 aliphatic carbocycles. The molecule has 0 atom stereocenters. The number of phenolic OH excluding ortho intramolecular Hbond substituents is 1. The van der Waals surface area contributed by atoms with Crippen molar-refractivity contribution >= 4 is 58.2 Å². The summed E-state index contributed by atoms with van der Waals surface area (Å²) in [5.41, 5.74) is 4.48. The second-order valence-electron chi connectivity index (χ2n) is 4.37. The van der Waals surface area contributed by atoms with Gasteiger partial charge in [-0.15, -0.1) is 0 Å². The average Bonchev–Trinajstić information content (AvgIpc) is 2.49. The van der Waals surface area contributed by atoms with Gasteiger partial charge in [0, 0.05) is 12.4 Å². The van der Waals surface area contributed by atoms with Crippen LogP contribution in [0.1, 0.15) is 0 Å². The standard InChI is InChI=1S/C17H13NO.Rb.H/c19-17-9-7-14(8-10-17)13-3-5-15(6-4-13)16-2-1-11-18-12-16;;/h1-12,19H;;. The van der Waals surface area contributed by atoms with Crippen LogP contribution in [0.5, 0.6) is 5.75 Å². The summed E-state index contributed by atoms with van der Waals surface area (Å²) in [6, 6.07) is 19.5. The fraction of sp³-hybridized carbons (Fsp3) is 0. The molecule has 3 aromatic rings. The van der Waals surface area contributed by atoms with Gasteiger partial charge in [0.2, 0.25) is 0 Å². The first-order valence-electron chi connectivity index (χ1n) is 6.13. The Kier molecular flexibility index (Phi) is 5.67. The zero-order chi connectivity index (χ0) is 13.1. The Balaban J connectivity index is 0.00000147. The van der Waals surface area contributed by atoms with Gasteiger partial charge >= 0.3 is 58.2 Å². The van der Waals surface area contributed by atoms with Crippen LogP contribution in [0.25, 0.3) is 22.3 Å². The molecule has 0 bridgehead atoms. The third-order valence-electron chi connectivity index (χ3n) is 3.08. The fourth-order valence-electron chi connectivity index (χ4n) is 2.04. The summed E-state index contributed by atoms with van der Waals surface area (Å²) < 4.78 is 0. The Morgan fingerprint density at radius 1 is 0.650 bits per heavy atom. The van der Waals surface area contributed by atoms with Crippen molar-refractivity contribution in [2.45, 2.75) is 0 Å². The van der Waals surface area contributed by atoms with Gasteiger partial charge in [0.05, 0.1) is 0 Å². The summed E-state index contributed by atoms with van der Waals surface area (Å²) in [6.45, 7) is 0. The first kappa shape index (κ1) is 15.6. The Labute approximate surface area is 167 Å². The van der Waals surface area contributed by atoms with E-state index in [1.165, 1.54) is 0 Å². The molecule has 0 unspecified atom stereocenters. The molecular weight excluding hydrogens is 320 g/mol. The van der Waals surface area contributed by atoms with Crippen LogP contribution in [-0.2, 0) is 0 Å². The molecule has 0 saturated heterocycles. The molecule has 0 fully saturated rings. The number of hydrogen-bond donors (Lipinski definition) is 1. The summed E-state index contributed by atoms with van der Waals surface area (Å²) >= 11 is 0. The number of benzene rings is 2. The number of nitrogens with zero attached hydrogens (tertiary/aromatic N) is 1. The van der Waals surface area contributed by atoms with Crippen LogP contribution in [0.2, 0.25) is 0 Å². The van der Waals surface area contributed by atoms with E-state index in [1.807, 2.05) is 30.5 Å². The van der Waals surface area contributed by atoms with Gasteiger partial charge < -0.3 is 5.11 Å². The molecule has 1 heterocycles. The molecule has 2 nitrogen and oxygen atoms in total. The van der Waals surface area contributed by atoms with E-state index in [0.29, 0.717) is 0 Å². The number of aromatic nitrogens is 1. The van der Waals surface area contributed by atoms with Crippen molar-refractivity contribution in [3.63, 3.8) is 0 Å². The molecular formula is C17H14NORb. The number of phenols is 1. The van der Waals surface area contributed by atoms with Crippen molar-refractivity contribution in [2.75, 3.05) is 0 Å². The molecule has 0 radical (unpaired) electrons. The number of rotatable bonds is 2. The van der Waals surface area contributed by atoms with Gasteiger partial charge in [-0.3, -0.25) is 4.98 Å². The molecule has 2 aromatic carbocycles. The minimum atomic E-state index is 0. The van der Waals surface area contributed by atoms with E-state index in [9.17, 15) is 5.11 Å². The second kappa shape index (κ2) is 7.27. The van der Waals surface area contributed by atoms with Crippen LogP contribution in [-0.4, -0.2) is 68.3 Å². The Morgan fingerprint density at radius 2 is 1.15 bits per heavy atom. The van der Waals surface area contributed by atoms with Crippen molar-refractivity contribution in [2.24, 2.45) is 0 Å². The first-order valence-corrected chi connectivity index (χ1v) is 6.13. The van der Waals surface area contributed by atoms with Crippen molar-refractivity contribution in [3.8, 4) is 28.0 Å². The SMILES string of the molecule is Oc1ccc(-c2ccc(-c3cccnc3)cc2)cc1.[RbH]. The molecule has 20 heavy (non-hydrogen) atoms. The van der Waals surface area contributed by atoms with Crippen LogP contribution >= 0.6 is 0 Å². The third-order valence-corrected chi connectivity index (χ3v) is 3.08. The average molecular weight is 334 g/mol. The molecule has 3 heteroatoms. The second-order valence-corrected chi connectivity index (χ2v) is 4.37. The molecule has 1 aromatic heterocycles. The van der Waals surface area contributed by atoms with E-state index >= 15 is 0 Å². The van der Waals surface area contributed by atoms with Gasteiger partial charge in [-0.1, -0.05) is 42.5 Å². The first-order chi connectivity index (χ1) is 9.33. The molecule has 0 aliphatic heterocycles. The molecule has 3 rings (SSSR count). The summed E-state index contributed by atoms with van der Waals surface area (Å²) in [7, 11) is 0. The predicted molar refractivity (Wildman–Crippen MR) is 83.9 cm³/mol. The van der Waals surface area contributed by atoms with E-state index in [-0.39, 0.29) is 63.9 Å². The molecule has 0 amide bonds. The minimum absolute atomic E-state index is 0. The maximum atomic E-state index is 9.29. The number of pyridine rings is 1. The summed E-state index contributed by atoms with van der Waals surface area (Å²) in [4.78, 5) is 4.12. The normalized spacial score (nSPS) is 9.80. The van der Waals surface area contributed by atoms with Gasteiger partial charge in [-0.05, 0) is 40.5 Å². The van der Waals surface area contributed by atoms with Crippen LogP contribution < -0.4 is 0 Å². The van der Waals surface area contributed by atoms with E-state index < -0.39 is 0 Å². The molecule has 1 N–H and O–H groups in total. The topological polar surface area (TPSA) is 33.1 Å². The molecule has 0 spiro atoms. The molecule has 0 aliphatic rings. The van der Waals surface area contributed by atoms with Crippen molar-refractivity contribution in [1.29, 1.82) is 0 Å². The quantitative estimate of drug-likeness (QED) is 0.779. The van der Waals surface area contributed by atoms with E-state index in [0.717, 1.165) is 22.3 Å². The van der Waals surface area contributed by atoms with Crippen LogP contribution in [0.3, 0.4) is 0 Å². The Morgan fingerprint density at radius 3 is 1.65 bits per heavy atom. The molecule has 0 saturated carbocycles. The summed E-state index contributed by atoms with van der Waals surface area (Å²) in [6.07, 6.45) is 3.63. The third kappa shape index (κ3) is 3.64. The van der Waals surface area contributed by atoms with Gasteiger partial charge in [0.25, 0.3) is 0 Å². The van der Waals surface area contributed by atoms with E-state index in [4.69, 9.17) is 0 Å². The summed E-state index contributed by atoms with van der Waals surface area (Å²) in [5, 5.41) is 9.29. The van der Waals surface area contributed by atoms with Gasteiger partial charge in [0.15, 0.2) is 0 Å². The van der Waals surface area contributed by atoms with Gasteiger partial charge in [-0.25, -0.2) is 0 Å². The number of aromatic hydroxyl groups is 1. The monoisotopic (exact) mass is 333 g/mol. The Bertz CT molecular complexity index is 664. The van der Waals surface area contributed by atoms with E-state index in [2.05, 4.69) is 29.2 Å². The molecule has 94 valence electrons. The van der Waals surface area contributed by atoms with Crippen LogP contribution in [0, 0.1) is 0 Å². The number of hydrogen-bond acceptors (Lipinski definition) is 2. The van der Waals surface area contributed by atoms with Gasteiger partial charge in [-0.2, -0.15) is 0 Å². The fourth-order valence-corrected chi connectivity index (χ4v) is 2.04. The van der Waals surface area contributed by atoms with Crippen molar-refractivity contribution in [3.05, 3.63) is 73.1 Å². The van der Waals surface area contributed by atoms with Crippen LogP contribution in [0.15, 0.2) is 73.1 Å². The Hall–Kier alpha value is -0.805. The summed E-state index contributed by atoms with van der Waals surface area (Å²) in [5.74, 6) is 0.288. The zero-order valence-corrected chi connectivity index (χ0v) is 10.3. The van der Waals surface area contributed by atoms with Crippen molar-refractivity contribution < 1.29 is 5.11 Å². The zero-order valence-electron chi connectivity index (χ0n) is 10.3.